The van der Waals surface area contributed by atoms with Crippen LogP contribution in [0, 0.1) is 0 Å². The molecule has 1 heterocycles. The Morgan fingerprint density at radius 1 is 1.20 bits per heavy atom. The fourth-order valence-corrected chi connectivity index (χ4v) is 2.97. The molecule has 7 nitrogen and oxygen atoms in total. The van der Waals surface area contributed by atoms with Gasteiger partial charge in [0, 0.05) is 18.3 Å². The van der Waals surface area contributed by atoms with Crippen LogP contribution < -0.4 is 0 Å². The SMILES string of the molecule is CCCCCN(Cc1nc(C(=O)OC)cs1)C(=O)CCC(=O)OCC. The van der Waals surface area contributed by atoms with Crippen LogP contribution in [0.5, 0.6) is 0 Å². The topological polar surface area (TPSA) is 85.8 Å². The molecule has 8 heteroatoms. The molecule has 0 spiro atoms. The van der Waals surface area contributed by atoms with Gasteiger partial charge in [0.15, 0.2) is 5.69 Å². The molecule has 0 saturated heterocycles. The Morgan fingerprint density at radius 3 is 2.60 bits per heavy atom. The molecule has 0 fully saturated rings. The molecule has 1 amide bonds. The molecule has 1 aromatic rings. The van der Waals surface area contributed by atoms with Gasteiger partial charge in [-0.05, 0) is 13.3 Å². The van der Waals surface area contributed by atoms with Crippen molar-refractivity contribution in [2.24, 2.45) is 0 Å². The zero-order chi connectivity index (χ0) is 18.7. The van der Waals surface area contributed by atoms with Gasteiger partial charge in [-0.1, -0.05) is 19.8 Å². The van der Waals surface area contributed by atoms with Crippen LogP contribution in [-0.4, -0.2) is 48.0 Å². The van der Waals surface area contributed by atoms with E-state index in [0.717, 1.165) is 19.3 Å². The van der Waals surface area contributed by atoms with Crippen molar-refractivity contribution in [1.82, 2.24) is 9.88 Å². The molecule has 0 aliphatic rings. The Kier molecular flexibility index (Phi) is 9.76. The van der Waals surface area contributed by atoms with Crippen molar-refractivity contribution in [3.63, 3.8) is 0 Å². The van der Waals surface area contributed by atoms with Crippen LogP contribution in [0.4, 0.5) is 0 Å². The Hall–Kier alpha value is -1.96. The van der Waals surface area contributed by atoms with Gasteiger partial charge >= 0.3 is 11.9 Å². The molecule has 1 rings (SSSR count). The van der Waals surface area contributed by atoms with E-state index in [2.05, 4.69) is 16.6 Å². The minimum Gasteiger partial charge on any atom is -0.466 e. The molecule has 0 saturated carbocycles. The predicted octanol–water partition coefficient (Wildman–Crippen LogP) is 2.79. The number of nitrogens with zero attached hydrogens (tertiary/aromatic N) is 2. The van der Waals surface area contributed by atoms with Gasteiger partial charge in [0.2, 0.25) is 5.91 Å². The van der Waals surface area contributed by atoms with Crippen molar-refractivity contribution in [3.8, 4) is 0 Å². The number of carbonyl (C=O) groups is 3. The summed E-state index contributed by atoms with van der Waals surface area (Å²) in [7, 11) is 1.30. The highest BCUT2D eigenvalue weighted by Crippen LogP contribution is 2.15. The van der Waals surface area contributed by atoms with Crippen LogP contribution in [0.15, 0.2) is 5.38 Å². The first kappa shape index (κ1) is 21.1. The van der Waals surface area contributed by atoms with E-state index >= 15 is 0 Å². The minimum absolute atomic E-state index is 0.0717. The van der Waals surface area contributed by atoms with Crippen LogP contribution in [0.25, 0.3) is 0 Å². The Balaban J connectivity index is 2.68. The Bertz CT molecular complexity index is 573. The lowest BCUT2D eigenvalue weighted by atomic mass is 10.2. The zero-order valence-electron chi connectivity index (χ0n) is 15.1. The summed E-state index contributed by atoms with van der Waals surface area (Å²) in [6.07, 6.45) is 3.14. The molecule has 25 heavy (non-hydrogen) atoms. The van der Waals surface area contributed by atoms with Crippen molar-refractivity contribution in [2.75, 3.05) is 20.3 Å². The third-order valence-electron chi connectivity index (χ3n) is 3.51. The molecule has 1 aromatic heterocycles. The van der Waals surface area contributed by atoms with Gasteiger partial charge in [-0.2, -0.15) is 0 Å². The Morgan fingerprint density at radius 2 is 1.96 bits per heavy atom. The molecule has 0 bridgehead atoms. The first-order valence-corrected chi connectivity index (χ1v) is 9.35. The number of hydrogen-bond donors (Lipinski definition) is 0. The number of carbonyl (C=O) groups excluding carboxylic acids is 3. The fourth-order valence-electron chi connectivity index (χ4n) is 2.19. The van der Waals surface area contributed by atoms with Gasteiger partial charge in [0.05, 0.1) is 26.7 Å². The maximum Gasteiger partial charge on any atom is 0.357 e. The third-order valence-corrected chi connectivity index (χ3v) is 4.34. The summed E-state index contributed by atoms with van der Waals surface area (Å²) in [5.74, 6) is -0.973. The number of aromatic nitrogens is 1. The number of amides is 1. The zero-order valence-corrected chi connectivity index (χ0v) is 15.9. The van der Waals surface area contributed by atoms with Gasteiger partial charge in [-0.25, -0.2) is 9.78 Å². The minimum atomic E-state index is -0.492. The molecular weight excluding hydrogens is 344 g/mol. The average molecular weight is 370 g/mol. The average Bonchev–Trinajstić information content (AvgIpc) is 3.07. The van der Waals surface area contributed by atoms with E-state index in [9.17, 15) is 14.4 Å². The summed E-state index contributed by atoms with van der Waals surface area (Å²) >= 11 is 1.31. The van der Waals surface area contributed by atoms with E-state index in [0.29, 0.717) is 24.7 Å². The number of thiazole rings is 1. The highest BCUT2D eigenvalue weighted by atomic mass is 32.1. The van der Waals surface area contributed by atoms with E-state index in [1.807, 2.05) is 0 Å². The smallest absolute Gasteiger partial charge is 0.357 e. The molecule has 0 radical (unpaired) electrons. The van der Waals surface area contributed by atoms with Crippen LogP contribution in [0.2, 0.25) is 0 Å². The molecule has 0 aliphatic heterocycles. The molecule has 0 unspecified atom stereocenters. The monoisotopic (exact) mass is 370 g/mol. The lowest BCUT2D eigenvalue weighted by Gasteiger charge is -2.21. The number of unbranched alkanes of at least 4 members (excludes halogenated alkanes) is 2. The lowest BCUT2D eigenvalue weighted by Crippen LogP contribution is -2.32. The van der Waals surface area contributed by atoms with Crippen LogP contribution in [-0.2, 0) is 25.6 Å². The number of hydrogen-bond acceptors (Lipinski definition) is 7. The second-order valence-corrected chi connectivity index (χ2v) is 6.39. The predicted molar refractivity (Wildman–Crippen MR) is 94.3 cm³/mol. The van der Waals surface area contributed by atoms with Crippen molar-refractivity contribution in [1.29, 1.82) is 0 Å². The lowest BCUT2D eigenvalue weighted by molar-refractivity contribution is -0.145. The molecule has 140 valence electrons. The van der Waals surface area contributed by atoms with E-state index < -0.39 is 5.97 Å². The largest absolute Gasteiger partial charge is 0.466 e. The standard InChI is InChI=1S/C17H26N2O5S/c1-4-6-7-10-19(15(20)8-9-16(21)24-5-2)11-14-18-13(12-25-14)17(22)23-3/h12H,4-11H2,1-3H3. The van der Waals surface area contributed by atoms with Crippen LogP contribution in [0.1, 0.15) is 61.4 Å². The fraction of sp³-hybridized carbons (Fsp3) is 0.647. The molecule has 0 N–H and O–H groups in total. The number of esters is 2. The van der Waals surface area contributed by atoms with Gasteiger partial charge in [-0.15, -0.1) is 11.3 Å². The summed E-state index contributed by atoms with van der Waals surface area (Å²) in [6, 6.07) is 0. The van der Waals surface area contributed by atoms with Crippen LogP contribution >= 0.6 is 11.3 Å². The third kappa shape index (κ3) is 7.64. The number of ether oxygens (including phenoxy) is 2. The highest BCUT2D eigenvalue weighted by molar-refractivity contribution is 7.09. The van der Waals surface area contributed by atoms with E-state index in [1.165, 1.54) is 18.4 Å². The summed E-state index contributed by atoms with van der Waals surface area (Å²) in [4.78, 5) is 41.3. The summed E-state index contributed by atoms with van der Waals surface area (Å²) in [5, 5.41) is 2.29. The first-order chi connectivity index (χ1) is 12.0. The summed E-state index contributed by atoms with van der Waals surface area (Å²) in [5.41, 5.74) is 0.245. The maximum absolute atomic E-state index is 12.5. The molecule has 0 aromatic carbocycles. The first-order valence-electron chi connectivity index (χ1n) is 8.47. The van der Waals surface area contributed by atoms with E-state index in [-0.39, 0.29) is 30.4 Å². The quantitative estimate of drug-likeness (QED) is 0.440. The number of rotatable bonds is 11. The van der Waals surface area contributed by atoms with Crippen LogP contribution in [0.3, 0.4) is 0 Å². The highest BCUT2D eigenvalue weighted by Gasteiger charge is 2.18. The van der Waals surface area contributed by atoms with Crippen molar-refractivity contribution in [3.05, 3.63) is 16.1 Å². The summed E-state index contributed by atoms with van der Waals surface area (Å²) < 4.78 is 9.50. The second-order valence-electron chi connectivity index (χ2n) is 5.45. The van der Waals surface area contributed by atoms with E-state index in [4.69, 9.17) is 4.74 Å². The number of methoxy groups -OCH3 is 1. The molecule has 0 aliphatic carbocycles. The Labute approximate surface area is 152 Å². The normalized spacial score (nSPS) is 10.4. The van der Waals surface area contributed by atoms with Gasteiger partial charge < -0.3 is 14.4 Å². The van der Waals surface area contributed by atoms with Crippen molar-refractivity contribution >= 4 is 29.2 Å². The van der Waals surface area contributed by atoms with Gasteiger partial charge in [0.1, 0.15) is 5.01 Å². The maximum atomic E-state index is 12.5. The molecule has 0 atom stereocenters. The van der Waals surface area contributed by atoms with Crippen molar-refractivity contribution < 1.29 is 23.9 Å². The summed E-state index contributed by atoms with van der Waals surface area (Å²) in [6.45, 7) is 5.06. The van der Waals surface area contributed by atoms with Gasteiger partial charge in [0.25, 0.3) is 0 Å². The van der Waals surface area contributed by atoms with Gasteiger partial charge in [-0.3, -0.25) is 9.59 Å². The van der Waals surface area contributed by atoms with E-state index in [1.54, 1.807) is 17.2 Å². The second kappa shape index (κ2) is 11.6. The molecular formula is C17H26N2O5S. The van der Waals surface area contributed by atoms with Crippen molar-refractivity contribution in [2.45, 2.75) is 52.5 Å².